The van der Waals surface area contributed by atoms with Crippen molar-refractivity contribution in [3.63, 3.8) is 0 Å². The number of carbonyl (C=O) groups is 2. The van der Waals surface area contributed by atoms with Gasteiger partial charge < -0.3 is 15.0 Å². The van der Waals surface area contributed by atoms with Gasteiger partial charge in [0.25, 0.3) is 5.91 Å². The Bertz CT molecular complexity index is 576. The summed E-state index contributed by atoms with van der Waals surface area (Å²) in [6.07, 6.45) is 2.02. The fourth-order valence-electron chi connectivity index (χ4n) is 1.74. The van der Waals surface area contributed by atoms with Gasteiger partial charge in [-0.15, -0.1) is 0 Å². The predicted molar refractivity (Wildman–Crippen MR) is 75.5 cm³/mol. The van der Waals surface area contributed by atoms with Crippen LogP contribution in [0.25, 0.3) is 0 Å². The van der Waals surface area contributed by atoms with Gasteiger partial charge >= 0.3 is 0 Å². The third-order valence-electron chi connectivity index (χ3n) is 3.11. The van der Waals surface area contributed by atoms with Crippen molar-refractivity contribution in [2.45, 2.75) is 18.9 Å². The van der Waals surface area contributed by atoms with Gasteiger partial charge in [0.2, 0.25) is 5.91 Å². The Labute approximate surface area is 123 Å². The van der Waals surface area contributed by atoms with Gasteiger partial charge in [0.15, 0.2) is 6.61 Å². The fraction of sp³-hybridized carbons (Fsp3) is 0.400. The summed E-state index contributed by atoms with van der Waals surface area (Å²) in [5.41, 5.74) is 0.374. The van der Waals surface area contributed by atoms with Crippen molar-refractivity contribution >= 4 is 11.8 Å². The van der Waals surface area contributed by atoms with Gasteiger partial charge in [-0.1, -0.05) is 12.1 Å². The molecule has 0 spiro atoms. The lowest BCUT2D eigenvalue weighted by Gasteiger charge is -2.17. The standard InChI is InChI=1S/C15H17N3O3/c1-18(9-14(19)17-12-6-7-12)15(20)10-21-13-5-3-2-4-11(13)8-16/h2-5,12H,6-7,9-10H2,1H3,(H,17,19). The molecule has 1 N–H and O–H groups in total. The van der Waals surface area contributed by atoms with Crippen molar-refractivity contribution in [3.8, 4) is 11.8 Å². The van der Waals surface area contributed by atoms with Crippen molar-refractivity contribution < 1.29 is 14.3 Å². The average Bonchev–Trinajstić information content (AvgIpc) is 3.28. The van der Waals surface area contributed by atoms with Gasteiger partial charge in [0.1, 0.15) is 11.8 Å². The van der Waals surface area contributed by atoms with Crippen LogP contribution in [0, 0.1) is 11.3 Å². The van der Waals surface area contributed by atoms with Crippen LogP contribution in [0.5, 0.6) is 5.75 Å². The van der Waals surface area contributed by atoms with Crippen LogP contribution in [0.3, 0.4) is 0 Å². The molecule has 21 heavy (non-hydrogen) atoms. The molecule has 0 saturated heterocycles. The molecule has 0 aliphatic heterocycles. The Morgan fingerprint density at radius 1 is 1.43 bits per heavy atom. The number of amides is 2. The molecule has 1 fully saturated rings. The van der Waals surface area contributed by atoms with Gasteiger partial charge in [-0.2, -0.15) is 5.26 Å². The van der Waals surface area contributed by atoms with Crippen LogP contribution in [0.2, 0.25) is 0 Å². The fourth-order valence-corrected chi connectivity index (χ4v) is 1.74. The minimum atomic E-state index is -0.311. The smallest absolute Gasteiger partial charge is 0.260 e. The maximum absolute atomic E-state index is 11.9. The minimum Gasteiger partial charge on any atom is -0.482 e. The molecule has 1 aromatic rings. The second-order valence-electron chi connectivity index (χ2n) is 4.99. The topological polar surface area (TPSA) is 82.4 Å². The number of nitrogens with one attached hydrogen (secondary N) is 1. The molecule has 1 saturated carbocycles. The highest BCUT2D eigenvalue weighted by Crippen LogP contribution is 2.18. The molecular weight excluding hydrogens is 270 g/mol. The number of nitriles is 1. The van der Waals surface area contributed by atoms with Crippen LogP contribution >= 0.6 is 0 Å². The largest absolute Gasteiger partial charge is 0.482 e. The first-order valence-corrected chi connectivity index (χ1v) is 6.75. The lowest BCUT2D eigenvalue weighted by molar-refractivity contribution is -0.136. The molecule has 0 atom stereocenters. The summed E-state index contributed by atoms with van der Waals surface area (Å²) in [7, 11) is 1.55. The highest BCUT2D eigenvalue weighted by molar-refractivity contribution is 5.85. The lowest BCUT2D eigenvalue weighted by Crippen LogP contribution is -2.40. The number of likely N-dealkylation sites (N-methyl/N-ethyl adjacent to an activating group) is 1. The van der Waals surface area contributed by atoms with Crippen molar-refractivity contribution in [2.24, 2.45) is 0 Å². The van der Waals surface area contributed by atoms with E-state index in [1.54, 1.807) is 31.3 Å². The maximum atomic E-state index is 11.9. The van der Waals surface area contributed by atoms with E-state index in [1.165, 1.54) is 4.90 Å². The Kier molecular flexibility index (Phi) is 4.77. The van der Waals surface area contributed by atoms with Crippen molar-refractivity contribution in [1.82, 2.24) is 10.2 Å². The summed E-state index contributed by atoms with van der Waals surface area (Å²) in [4.78, 5) is 24.8. The van der Waals surface area contributed by atoms with Crippen LogP contribution in [0.4, 0.5) is 0 Å². The van der Waals surface area contributed by atoms with E-state index < -0.39 is 0 Å². The molecule has 6 nitrogen and oxygen atoms in total. The van der Waals surface area contributed by atoms with Gasteiger partial charge in [0.05, 0.1) is 12.1 Å². The van der Waals surface area contributed by atoms with Gasteiger partial charge in [0, 0.05) is 13.1 Å². The normalized spacial score (nSPS) is 13.1. The Hall–Kier alpha value is -2.55. The average molecular weight is 287 g/mol. The summed E-state index contributed by atoms with van der Waals surface area (Å²) in [6, 6.07) is 8.97. The number of hydrogen-bond acceptors (Lipinski definition) is 4. The van der Waals surface area contributed by atoms with Crippen molar-refractivity contribution in [2.75, 3.05) is 20.2 Å². The molecule has 6 heteroatoms. The van der Waals surface area contributed by atoms with E-state index in [0.29, 0.717) is 11.3 Å². The van der Waals surface area contributed by atoms with E-state index in [1.807, 2.05) is 6.07 Å². The first kappa shape index (κ1) is 14.9. The molecule has 1 aliphatic carbocycles. The van der Waals surface area contributed by atoms with E-state index in [0.717, 1.165) is 12.8 Å². The van der Waals surface area contributed by atoms with E-state index >= 15 is 0 Å². The number of rotatable bonds is 6. The first-order valence-electron chi connectivity index (χ1n) is 6.75. The summed E-state index contributed by atoms with van der Waals surface area (Å²) in [5.74, 6) is -0.108. The zero-order valence-electron chi connectivity index (χ0n) is 11.8. The Balaban J connectivity index is 1.80. The molecule has 1 aliphatic rings. The third-order valence-corrected chi connectivity index (χ3v) is 3.11. The Morgan fingerprint density at radius 2 is 2.14 bits per heavy atom. The number of nitrogens with zero attached hydrogens (tertiary/aromatic N) is 2. The van der Waals surface area contributed by atoms with E-state index in [-0.39, 0.29) is 31.0 Å². The summed E-state index contributed by atoms with van der Waals surface area (Å²) in [6.45, 7) is -0.190. The second kappa shape index (κ2) is 6.75. The maximum Gasteiger partial charge on any atom is 0.260 e. The number of benzene rings is 1. The highest BCUT2D eigenvalue weighted by atomic mass is 16.5. The SMILES string of the molecule is CN(CC(=O)NC1CC1)C(=O)COc1ccccc1C#N. The molecule has 2 rings (SSSR count). The second-order valence-corrected chi connectivity index (χ2v) is 4.99. The minimum absolute atomic E-state index is 0.0125. The summed E-state index contributed by atoms with van der Waals surface area (Å²) < 4.78 is 5.34. The molecule has 1 aromatic carbocycles. The summed E-state index contributed by atoms with van der Waals surface area (Å²) >= 11 is 0. The predicted octanol–water partition coefficient (Wildman–Crippen LogP) is 0.674. The third kappa shape index (κ3) is 4.49. The number of ether oxygens (including phenoxy) is 1. The highest BCUT2D eigenvalue weighted by Gasteiger charge is 2.24. The molecule has 0 bridgehead atoms. The lowest BCUT2D eigenvalue weighted by atomic mass is 10.2. The van der Waals surface area contributed by atoms with Crippen molar-refractivity contribution in [1.29, 1.82) is 5.26 Å². The first-order chi connectivity index (χ1) is 10.1. The van der Waals surface area contributed by atoms with Crippen LogP contribution in [-0.4, -0.2) is 43.0 Å². The monoisotopic (exact) mass is 287 g/mol. The van der Waals surface area contributed by atoms with Gasteiger partial charge in [-0.3, -0.25) is 9.59 Å². The molecule has 110 valence electrons. The molecule has 0 unspecified atom stereocenters. The van der Waals surface area contributed by atoms with Crippen LogP contribution in [-0.2, 0) is 9.59 Å². The molecule has 0 heterocycles. The van der Waals surface area contributed by atoms with Crippen molar-refractivity contribution in [3.05, 3.63) is 29.8 Å². The zero-order chi connectivity index (χ0) is 15.2. The Morgan fingerprint density at radius 3 is 2.81 bits per heavy atom. The van der Waals surface area contributed by atoms with Crippen LogP contribution < -0.4 is 10.1 Å². The molecule has 2 amide bonds. The number of hydrogen-bond donors (Lipinski definition) is 1. The van der Waals surface area contributed by atoms with Gasteiger partial charge in [-0.25, -0.2) is 0 Å². The quantitative estimate of drug-likeness (QED) is 0.834. The number of carbonyl (C=O) groups excluding carboxylic acids is 2. The summed E-state index contributed by atoms with van der Waals surface area (Å²) in [5, 5.41) is 11.7. The number of para-hydroxylation sites is 1. The van der Waals surface area contributed by atoms with Gasteiger partial charge in [-0.05, 0) is 25.0 Å². The van der Waals surface area contributed by atoms with Crippen LogP contribution in [0.1, 0.15) is 18.4 Å². The molecular formula is C15H17N3O3. The molecule has 0 radical (unpaired) electrons. The van der Waals surface area contributed by atoms with E-state index in [4.69, 9.17) is 10.00 Å². The van der Waals surface area contributed by atoms with E-state index in [9.17, 15) is 9.59 Å². The molecule has 0 aromatic heterocycles. The van der Waals surface area contributed by atoms with E-state index in [2.05, 4.69) is 5.32 Å². The van der Waals surface area contributed by atoms with Crippen LogP contribution in [0.15, 0.2) is 24.3 Å². The zero-order valence-corrected chi connectivity index (χ0v) is 11.8.